The monoisotopic (exact) mass is 256 g/mol. The lowest BCUT2D eigenvalue weighted by Gasteiger charge is -2.35. The highest BCUT2D eigenvalue weighted by Gasteiger charge is 2.19. The van der Waals surface area contributed by atoms with Crippen molar-refractivity contribution in [1.82, 2.24) is 10.2 Å². The summed E-state index contributed by atoms with van der Waals surface area (Å²) in [6.45, 7) is 12.3. The summed E-state index contributed by atoms with van der Waals surface area (Å²) in [4.78, 5) is 2.58. The van der Waals surface area contributed by atoms with Crippen LogP contribution in [0.1, 0.15) is 52.9 Å². The van der Waals surface area contributed by atoms with Crippen LogP contribution in [0, 0.1) is 0 Å². The molecule has 1 fully saturated rings. The van der Waals surface area contributed by atoms with Crippen LogP contribution in [-0.4, -0.2) is 49.8 Å². The molecule has 1 heterocycles. The molecule has 0 aromatic carbocycles. The second-order valence-corrected chi connectivity index (χ2v) is 5.68. The molecule has 3 nitrogen and oxygen atoms in total. The van der Waals surface area contributed by atoms with Crippen molar-refractivity contribution in [3.8, 4) is 0 Å². The number of unbranched alkanes of at least 4 members (excludes halogenated alkanes) is 1. The molecule has 3 heteroatoms. The van der Waals surface area contributed by atoms with E-state index in [1.807, 2.05) is 0 Å². The molecule has 0 saturated carbocycles. The van der Waals surface area contributed by atoms with Gasteiger partial charge in [-0.1, -0.05) is 13.3 Å². The van der Waals surface area contributed by atoms with Gasteiger partial charge in [-0.05, 0) is 59.2 Å². The topological polar surface area (TPSA) is 24.5 Å². The first-order valence-corrected chi connectivity index (χ1v) is 7.79. The van der Waals surface area contributed by atoms with Gasteiger partial charge in [-0.15, -0.1) is 0 Å². The third-order valence-corrected chi connectivity index (χ3v) is 3.80. The number of nitrogens with zero attached hydrogens (tertiary/aromatic N) is 1. The molecule has 1 N–H and O–H groups in total. The van der Waals surface area contributed by atoms with E-state index in [9.17, 15) is 0 Å². The van der Waals surface area contributed by atoms with Crippen LogP contribution in [0.25, 0.3) is 0 Å². The highest BCUT2D eigenvalue weighted by atomic mass is 16.5. The fourth-order valence-corrected chi connectivity index (χ4v) is 2.45. The average Bonchev–Trinajstić information content (AvgIpc) is 2.38. The van der Waals surface area contributed by atoms with Crippen LogP contribution in [0.15, 0.2) is 0 Å². The van der Waals surface area contributed by atoms with Crippen molar-refractivity contribution in [1.29, 1.82) is 0 Å². The Bertz CT molecular complexity index is 189. The van der Waals surface area contributed by atoms with Crippen LogP contribution in [0.2, 0.25) is 0 Å². The van der Waals surface area contributed by atoms with E-state index >= 15 is 0 Å². The summed E-state index contributed by atoms with van der Waals surface area (Å²) in [5.41, 5.74) is 0. The normalized spacial score (nSPS) is 18.7. The van der Waals surface area contributed by atoms with E-state index in [1.165, 1.54) is 38.8 Å². The van der Waals surface area contributed by atoms with Crippen molar-refractivity contribution >= 4 is 0 Å². The van der Waals surface area contributed by atoms with E-state index in [-0.39, 0.29) is 0 Å². The molecule has 1 rings (SSSR count). The van der Waals surface area contributed by atoms with Gasteiger partial charge in [-0.25, -0.2) is 0 Å². The van der Waals surface area contributed by atoms with E-state index < -0.39 is 0 Å². The maximum Gasteiger partial charge on any atom is 0.0478 e. The molecule has 0 amide bonds. The molecule has 108 valence electrons. The number of nitrogens with one attached hydrogen (secondary N) is 1. The fraction of sp³-hybridized carbons (Fsp3) is 1.00. The summed E-state index contributed by atoms with van der Waals surface area (Å²) in [7, 11) is 0. The molecule has 0 spiro atoms. The summed E-state index contributed by atoms with van der Waals surface area (Å²) in [5, 5.41) is 3.67. The third kappa shape index (κ3) is 6.72. The predicted octanol–water partition coefficient (Wildman–Crippen LogP) is 2.66. The molecule has 0 aromatic rings. The van der Waals surface area contributed by atoms with E-state index in [4.69, 9.17) is 4.74 Å². The van der Waals surface area contributed by atoms with Crippen LogP contribution in [0.4, 0.5) is 0 Å². The Kier molecular flexibility index (Phi) is 8.64. The summed E-state index contributed by atoms with van der Waals surface area (Å²) >= 11 is 0. The standard InChI is InChI=1S/C15H32N2O/c1-4-5-12-18-13-6-9-16-15-7-10-17(11-8-15)14(2)3/h14-16H,4-13H2,1-3H3. The second kappa shape index (κ2) is 9.76. The second-order valence-electron chi connectivity index (χ2n) is 5.68. The third-order valence-electron chi connectivity index (χ3n) is 3.80. The quantitative estimate of drug-likeness (QED) is 0.642. The molecule has 0 radical (unpaired) electrons. The maximum atomic E-state index is 5.56. The van der Waals surface area contributed by atoms with Gasteiger partial charge in [0.05, 0.1) is 0 Å². The van der Waals surface area contributed by atoms with Crippen molar-refractivity contribution in [3.63, 3.8) is 0 Å². The van der Waals surface area contributed by atoms with Gasteiger partial charge in [0.2, 0.25) is 0 Å². The lowest BCUT2D eigenvalue weighted by atomic mass is 10.0. The lowest BCUT2D eigenvalue weighted by molar-refractivity contribution is 0.125. The van der Waals surface area contributed by atoms with Gasteiger partial charge >= 0.3 is 0 Å². The van der Waals surface area contributed by atoms with Crippen molar-refractivity contribution in [2.45, 2.75) is 65.0 Å². The maximum absolute atomic E-state index is 5.56. The Morgan fingerprint density at radius 2 is 1.83 bits per heavy atom. The highest BCUT2D eigenvalue weighted by Crippen LogP contribution is 2.12. The van der Waals surface area contributed by atoms with Gasteiger partial charge in [-0.2, -0.15) is 0 Å². The van der Waals surface area contributed by atoms with Crippen LogP contribution >= 0.6 is 0 Å². The molecule has 1 aliphatic heterocycles. The minimum atomic E-state index is 0.706. The molecule has 1 aliphatic rings. The van der Waals surface area contributed by atoms with E-state index in [0.29, 0.717) is 6.04 Å². The van der Waals surface area contributed by atoms with E-state index in [2.05, 4.69) is 31.0 Å². The number of piperidine rings is 1. The number of ether oxygens (including phenoxy) is 1. The number of hydrogen-bond donors (Lipinski definition) is 1. The Morgan fingerprint density at radius 3 is 2.44 bits per heavy atom. The molecule has 0 unspecified atom stereocenters. The minimum absolute atomic E-state index is 0.706. The first-order chi connectivity index (χ1) is 8.74. The zero-order valence-electron chi connectivity index (χ0n) is 12.6. The molecule has 0 bridgehead atoms. The highest BCUT2D eigenvalue weighted by molar-refractivity contribution is 4.78. The van der Waals surface area contributed by atoms with Crippen molar-refractivity contribution in [2.24, 2.45) is 0 Å². The molecule has 18 heavy (non-hydrogen) atoms. The first-order valence-electron chi connectivity index (χ1n) is 7.79. The van der Waals surface area contributed by atoms with Gasteiger partial charge in [0, 0.05) is 25.3 Å². The molecule has 0 atom stereocenters. The van der Waals surface area contributed by atoms with Gasteiger partial charge in [-0.3, -0.25) is 0 Å². The molecular weight excluding hydrogens is 224 g/mol. The molecular formula is C15H32N2O. The van der Waals surface area contributed by atoms with Gasteiger partial charge in [0.25, 0.3) is 0 Å². The van der Waals surface area contributed by atoms with Crippen LogP contribution < -0.4 is 5.32 Å². The largest absolute Gasteiger partial charge is 0.381 e. The van der Waals surface area contributed by atoms with Gasteiger partial charge in [0.1, 0.15) is 0 Å². The summed E-state index contributed by atoms with van der Waals surface area (Å²) in [6, 6.07) is 1.44. The molecule has 0 aromatic heterocycles. The summed E-state index contributed by atoms with van der Waals surface area (Å²) in [5.74, 6) is 0. The number of hydrogen-bond acceptors (Lipinski definition) is 3. The Balaban J connectivity index is 1.91. The van der Waals surface area contributed by atoms with Crippen LogP contribution in [0.5, 0.6) is 0 Å². The summed E-state index contributed by atoms with van der Waals surface area (Å²) < 4.78 is 5.56. The number of likely N-dealkylation sites (tertiary alicyclic amines) is 1. The average molecular weight is 256 g/mol. The van der Waals surface area contributed by atoms with Gasteiger partial charge < -0.3 is 15.0 Å². The lowest BCUT2D eigenvalue weighted by Crippen LogP contribution is -2.45. The molecule has 0 aliphatic carbocycles. The van der Waals surface area contributed by atoms with Crippen molar-refractivity contribution in [2.75, 3.05) is 32.8 Å². The zero-order valence-corrected chi connectivity index (χ0v) is 12.6. The number of rotatable bonds is 9. The van der Waals surface area contributed by atoms with Crippen LogP contribution in [-0.2, 0) is 4.74 Å². The van der Waals surface area contributed by atoms with Crippen molar-refractivity contribution in [3.05, 3.63) is 0 Å². The SMILES string of the molecule is CCCCOCCCNC1CCN(C(C)C)CC1. The summed E-state index contributed by atoms with van der Waals surface area (Å²) in [6.07, 6.45) is 6.17. The Hall–Kier alpha value is -0.120. The zero-order chi connectivity index (χ0) is 13.2. The fourth-order valence-electron chi connectivity index (χ4n) is 2.45. The Labute approximate surface area is 113 Å². The van der Waals surface area contributed by atoms with Crippen LogP contribution in [0.3, 0.4) is 0 Å². The van der Waals surface area contributed by atoms with Crippen molar-refractivity contribution < 1.29 is 4.74 Å². The van der Waals surface area contributed by atoms with Gasteiger partial charge in [0.15, 0.2) is 0 Å². The molecule has 1 saturated heterocycles. The van der Waals surface area contributed by atoms with E-state index in [0.717, 1.165) is 32.2 Å². The Morgan fingerprint density at radius 1 is 1.17 bits per heavy atom. The van der Waals surface area contributed by atoms with E-state index in [1.54, 1.807) is 0 Å². The first kappa shape index (κ1) is 15.9. The predicted molar refractivity (Wildman–Crippen MR) is 78.1 cm³/mol. The smallest absolute Gasteiger partial charge is 0.0478 e. The minimum Gasteiger partial charge on any atom is -0.381 e.